The maximum Gasteiger partial charge on any atom is 0.355 e. The fraction of sp³-hybridized carbons (Fsp3) is 0. The molecule has 5 nitrogen and oxygen atoms in total. The molecule has 0 aliphatic carbocycles. The molecule has 0 spiro atoms. The van der Waals surface area contributed by atoms with E-state index < -0.39 is 11.9 Å². The highest BCUT2D eigenvalue weighted by Crippen LogP contribution is 2.35. The number of carbonyl (C=O) groups is 2. The third-order valence-electron chi connectivity index (χ3n) is 4.35. The zero-order valence-corrected chi connectivity index (χ0v) is 19.2. The van der Waals surface area contributed by atoms with Crippen LogP contribution >= 0.6 is 46.1 Å². The molecule has 0 fully saturated rings. The van der Waals surface area contributed by atoms with Crippen molar-refractivity contribution < 1.29 is 14.3 Å². The summed E-state index contributed by atoms with van der Waals surface area (Å²) in [6.45, 7) is 0. The van der Waals surface area contributed by atoms with E-state index in [1.54, 1.807) is 24.3 Å². The Hall–Kier alpha value is -2.90. The van der Waals surface area contributed by atoms with Crippen LogP contribution in [-0.2, 0) is 0 Å². The molecule has 0 aliphatic heterocycles. The maximum atomic E-state index is 12.6. The van der Waals surface area contributed by atoms with Crippen molar-refractivity contribution in [2.75, 3.05) is 0 Å². The van der Waals surface area contributed by atoms with Gasteiger partial charge in [0.1, 0.15) is 10.6 Å². The first-order chi connectivity index (χ1) is 15.4. The Morgan fingerprint density at radius 1 is 0.938 bits per heavy atom. The van der Waals surface area contributed by atoms with E-state index in [0.29, 0.717) is 31.8 Å². The fourth-order valence-electron chi connectivity index (χ4n) is 2.82. The smallest absolute Gasteiger partial charge is 0.355 e. The summed E-state index contributed by atoms with van der Waals surface area (Å²) in [5, 5.41) is 5.75. The number of nitrogens with zero attached hydrogens (tertiary/aromatic N) is 1. The number of fused-ring (bicyclic) bond motifs is 1. The summed E-state index contributed by atoms with van der Waals surface area (Å²) in [5.41, 5.74) is 3.34. The molecule has 1 amide bonds. The van der Waals surface area contributed by atoms with E-state index in [1.807, 2.05) is 24.3 Å². The van der Waals surface area contributed by atoms with E-state index in [9.17, 15) is 9.59 Å². The van der Waals surface area contributed by atoms with E-state index in [-0.39, 0.29) is 5.02 Å². The Balaban J connectivity index is 1.43. The van der Waals surface area contributed by atoms with Crippen molar-refractivity contribution in [2.24, 2.45) is 5.10 Å². The number of hydrogen-bond acceptors (Lipinski definition) is 5. The van der Waals surface area contributed by atoms with Gasteiger partial charge in [-0.1, -0.05) is 65.1 Å². The Bertz CT molecular complexity index is 1370. The summed E-state index contributed by atoms with van der Waals surface area (Å²) >= 11 is 19.4. The van der Waals surface area contributed by atoms with Gasteiger partial charge in [0.15, 0.2) is 0 Å². The summed E-state index contributed by atoms with van der Waals surface area (Å²) in [6.07, 6.45) is 1.43. The van der Waals surface area contributed by atoms with Crippen molar-refractivity contribution >= 4 is 74.3 Å². The van der Waals surface area contributed by atoms with Crippen molar-refractivity contribution in [3.05, 3.63) is 97.8 Å². The lowest BCUT2D eigenvalue weighted by Gasteiger charge is -2.04. The molecule has 0 atom stereocenters. The van der Waals surface area contributed by atoms with Crippen LogP contribution in [0, 0.1) is 0 Å². The predicted octanol–water partition coefficient (Wildman–Crippen LogP) is 6.84. The summed E-state index contributed by atoms with van der Waals surface area (Å²) in [4.78, 5) is 25.1. The molecule has 160 valence electrons. The average Bonchev–Trinajstić information content (AvgIpc) is 3.13. The minimum Gasteiger partial charge on any atom is -0.422 e. The average molecular weight is 504 g/mol. The van der Waals surface area contributed by atoms with Crippen molar-refractivity contribution in [2.45, 2.75) is 0 Å². The third-order valence-corrected chi connectivity index (χ3v) is 6.74. The molecule has 0 saturated heterocycles. The van der Waals surface area contributed by atoms with Crippen molar-refractivity contribution in [3.63, 3.8) is 0 Å². The van der Waals surface area contributed by atoms with E-state index in [0.717, 1.165) is 10.1 Å². The SMILES string of the molecule is O=C(N/N=C/c1cccc(OC(=O)c2sc3ccccc3c2Cl)c1)c1ccc(Cl)c(Cl)c1. The summed E-state index contributed by atoms with van der Waals surface area (Å²) in [5.74, 6) is -0.664. The first kappa shape index (κ1) is 22.3. The third kappa shape index (κ3) is 4.95. The molecule has 0 bridgehead atoms. The molecule has 0 unspecified atom stereocenters. The molecule has 1 heterocycles. The molecule has 0 saturated carbocycles. The highest BCUT2D eigenvalue weighted by Gasteiger charge is 2.19. The van der Waals surface area contributed by atoms with E-state index in [4.69, 9.17) is 39.5 Å². The number of thiophene rings is 1. The van der Waals surface area contributed by atoms with Gasteiger partial charge < -0.3 is 4.74 Å². The molecule has 0 radical (unpaired) electrons. The topological polar surface area (TPSA) is 67.8 Å². The van der Waals surface area contributed by atoms with Gasteiger partial charge in [-0.05, 0) is 42.0 Å². The predicted molar refractivity (Wildman–Crippen MR) is 130 cm³/mol. The van der Waals surface area contributed by atoms with Gasteiger partial charge in [0.25, 0.3) is 5.91 Å². The number of halogens is 3. The Morgan fingerprint density at radius 2 is 1.75 bits per heavy atom. The molecule has 3 aromatic carbocycles. The number of hydrogen-bond donors (Lipinski definition) is 1. The fourth-order valence-corrected chi connectivity index (χ4v) is 4.51. The second-order valence-corrected chi connectivity index (χ2v) is 8.78. The van der Waals surface area contributed by atoms with Gasteiger partial charge in [-0.25, -0.2) is 10.2 Å². The number of amides is 1. The van der Waals surface area contributed by atoms with Gasteiger partial charge in [-0.2, -0.15) is 5.10 Å². The molecule has 0 aliphatic rings. The number of esters is 1. The van der Waals surface area contributed by atoms with E-state index in [2.05, 4.69) is 10.5 Å². The highest BCUT2D eigenvalue weighted by atomic mass is 35.5. The van der Waals surface area contributed by atoms with Crippen LogP contribution in [0.25, 0.3) is 10.1 Å². The Labute approximate surface area is 202 Å². The second kappa shape index (κ2) is 9.71. The zero-order valence-electron chi connectivity index (χ0n) is 16.1. The standard InChI is InChI=1S/C23H13Cl3N2O3S/c24-17-9-8-14(11-18(17)25)22(29)28-27-12-13-4-3-5-15(10-13)31-23(30)21-20(26)16-6-1-2-7-19(16)32-21/h1-12H,(H,28,29)/b27-12+. The van der Waals surface area contributed by atoms with Gasteiger partial charge >= 0.3 is 5.97 Å². The molecular formula is C23H13Cl3N2O3S. The first-order valence-corrected chi connectivity index (χ1v) is 11.1. The quantitative estimate of drug-likeness (QED) is 0.140. The minimum absolute atomic E-state index is 0.275. The van der Waals surface area contributed by atoms with Crippen molar-refractivity contribution in [1.82, 2.24) is 5.43 Å². The largest absolute Gasteiger partial charge is 0.422 e. The van der Waals surface area contributed by atoms with Crippen LogP contribution in [0.1, 0.15) is 25.6 Å². The van der Waals surface area contributed by atoms with Crippen LogP contribution in [0.2, 0.25) is 15.1 Å². The summed E-state index contributed by atoms with van der Waals surface area (Å²) in [7, 11) is 0. The Kier molecular flexibility index (Phi) is 6.77. The lowest BCUT2D eigenvalue weighted by atomic mass is 10.2. The van der Waals surface area contributed by atoms with Crippen LogP contribution < -0.4 is 10.2 Å². The number of ether oxygens (including phenoxy) is 1. The second-order valence-electron chi connectivity index (χ2n) is 6.53. The zero-order chi connectivity index (χ0) is 22.7. The monoisotopic (exact) mass is 502 g/mol. The number of nitrogens with one attached hydrogen (secondary N) is 1. The molecule has 32 heavy (non-hydrogen) atoms. The summed E-state index contributed by atoms with van der Waals surface area (Å²) < 4.78 is 6.39. The van der Waals surface area contributed by atoms with Gasteiger partial charge in [0.2, 0.25) is 0 Å². The van der Waals surface area contributed by atoms with Gasteiger partial charge in [-0.15, -0.1) is 11.3 Å². The molecule has 9 heteroatoms. The lowest BCUT2D eigenvalue weighted by Crippen LogP contribution is -2.17. The number of hydrazone groups is 1. The van der Waals surface area contributed by atoms with Crippen molar-refractivity contribution in [1.29, 1.82) is 0 Å². The van der Waals surface area contributed by atoms with Gasteiger partial charge in [0, 0.05) is 15.6 Å². The maximum absolute atomic E-state index is 12.6. The molecule has 4 aromatic rings. The first-order valence-electron chi connectivity index (χ1n) is 9.20. The highest BCUT2D eigenvalue weighted by molar-refractivity contribution is 7.21. The van der Waals surface area contributed by atoms with Crippen LogP contribution in [0.15, 0.2) is 71.8 Å². The van der Waals surface area contributed by atoms with Crippen LogP contribution in [0.4, 0.5) is 0 Å². The van der Waals surface area contributed by atoms with Gasteiger partial charge in [0.05, 0.1) is 21.3 Å². The molecule has 4 rings (SSSR count). The van der Waals surface area contributed by atoms with Crippen molar-refractivity contribution in [3.8, 4) is 5.75 Å². The number of benzene rings is 3. The van der Waals surface area contributed by atoms with Crippen LogP contribution in [0.5, 0.6) is 5.75 Å². The summed E-state index contributed by atoms with van der Waals surface area (Å²) in [6, 6.07) is 18.7. The van der Waals surface area contributed by atoms with E-state index >= 15 is 0 Å². The van der Waals surface area contributed by atoms with Crippen LogP contribution in [0.3, 0.4) is 0 Å². The molecule has 1 aromatic heterocycles. The lowest BCUT2D eigenvalue weighted by molar-refractivity contribution is 0.0740. The Morgan fingerprint density at radius 3 is 2.53 bits per heavy atom. The minimum atomic E-state index is -0.543. The van der Waals surface area contributed by atoms with Gasteiger partial charge in [-0.3, -0.25) is 4.79 Å². The number of carbonyl (C=O) groups excluding carboxylic acids is 2. The molecular weight excluding hydrogens is 491 g/mol. The normalized spacial score (nSPS) is 11.1. The molecule has 1 N–H and O–H groups in total. The number of rotatable bonds is 5. The van der Waals surface area contributed by atoms with Crippen LogP contribution in [-0.4, -0.2) is 18.1 Å². The van der Waals surface area contributed by atoms with E-state index in [1.165, 1.54) is 35.8 Å².